The lowest BCUT2D eigenvalue weighted by atomic mass is 9.59. The summed E-state index contributed by atoms with van der Waals surface area (Å²) in [6, 6.07) is 10.3. The largest absolute Gasteiger partial charge is 0.465 e. The van der Waals surface area contributed by atoms with Crippen LogP contribution in [0.5, 0.6) is 0 Å². The highest BCUT2D eigenvalue weighted by Crippen LogP contribution is 2.49. The van der Waals surface area contributed by atoms with E-state index in [0.717, 1.165) is 76.2 Å². The van der Waals surface area contributed by atoms with Gasteiger partial charge in [-0.25, -0.2) is 0 Å². The van der Waals surface area contributed by atoms with Gasteiger partial charge in [0.1, 0.15) is 0 Å². The van der Waals surface area contributed by atoms with Crippen LogP contribution in [0.3, 0.4) is 0 Å². The maximum atomic E-state index is 13.6. The lowest BCUT2D eigenvalue weighted by molar-refractivity contribution is -0.164. The SMILES string of the molecule is CCCCOC(=O)C(CCCC)(CCCC)C(N)(CCCC)c1ccccc1. The van der Waals surface area contributed by atoms with Crippen molar-refractivity contribution in [2.45, 2.75) is 104 Å². The Morgan fingerprint density at radius 2 is 1.32 bits per heavy atom. The Balaban J connectivity index is 3.47. The van der Waals surface area contributed by atoms with E-state index in [0.29, 0.717) is 6.61 Å². The second-order valence-corrected chi connectivity index (χ2v) is 8.22. The van der Waals surface area contributed by atoms with Gasteiger partial charge in [0.05, 0.1) is 17.6 Å². The van der Waals surface area contributed by atoms with E-state index >= 15 is 0 Å². The zero-order valence-corrected chi connectivity index (χ0v) is 18.8. The number of hydrogen-bond acceptors (Lipinski definition) is 3. The van der Waals surface area contributed by atoms with E-state index < -0.39 is 11.0 Å². The molecule has 1 unspecified atom stereocenters. The number of nitrogens with two attached hydrogens (primary N) is 1. The molecule has 3 nitrogen and oxygen atoms in total. The van der Waals surface area contributed by atoms with Gasteiger partial charge in [0.25, 0.3) is 0 Å². The van der Waals surface area contributed by atoms with E-state index in [2.05, 4.69) is 39.8 Å². The first kappa shape index (κ1) is 24.7. The van der Waals surface area contributed by atoms with Crippen LogP contribution < -0.4 is 5.73 Å². The van der Waals surface area contributed by atoms with E-state index in [1.54, 1.807) is 0 Å². The Morgan fingerprint density at radius 3 is 1.82 bits per heavy atom. The third-order valence-electron chi connectivity index (χ3n) is 6.10. The topological polar surface area (TPSA) is 52.3 Å². The minimum atomic E-state index is -0.697. The first-order chi connectivity index (χ1) is 13.5. The number of esters is 1. The van der Waals surface area contributed by atoms with Crippen LogP contribution in [0.15, 0.2) is 30.3 Å². The smallest absolute Gasteiger partial charge is 0.314 e. The molecule has 0 spiro atoms. The van der Waals surface area contributed by atoms with Crippen molar-refractivity contribution in [1.82, 2.24) is 0 Å². The summed E-state index contributed by atoms with van der Waals surface area (Å²) in [7, 11) is 0. The molecule has 1 rings (SSSR count). The fraction of sp³-hybridized carbons (Fsp3) is 0.720. The highest BCUT2D eigenvalue weighted by molar-refractivity contribution is 5.79. The average Bonchev–Trinajstić information content (AvgIpc) is 2.73. The molecule has 1 atom stereocenters. The fourth-order valence-corrected chi connectivity index (χ4v) is 4.21. The summed E-state index contributed by atoms with van der Waals surface area (Å²) in [5.74, 6) is -0.0784. The van der Waals surface area contributed by atoms with Crippen LogP contribution in [0.25, 0.3) is 0 Å². The highest BCUT2D eigenvalue weighted by atomic mass is 16.5. The summed E-state index contributed by atoms with van der Waals surface area (Å²) < 4.78 is 5.87. The standard InChI is InChI=1S/C25H43NO2/c1-5-9-18-24(19-10-6-2,23(27)28-21-12-8-4)25(26,20-11-7-3)22-16-14-13-15-17-22/h13-17H,5-12,18-21,26H2,1-4H3. The molecular formula is C25H43NO2. The zero-order chi connectivity index (χ0) is 20.9. The predicted molar refractivity (Wildman–Crippen MR) is 119 cm³/mol. The monoisotopic (exact) mass is 389 g/mol. The van der Waals surface area contributed by atoms with Crippen LogP contribution in [-0.4, -0.2) is 12.6 Å². The number of benzene rings is 1. The van der Waals surface area contributed by atoms with Crippen molar-refractivity contribution >= 4 is 5.97 Å². The summed E-state index contributed by atoms with van der Waals surface area (Å²) in [6.45, 7) is 9.16. The molecule has 160 valence electrons. The minimum Gasteiger partial charge on any atom is -0.465 e. The molecular weight excluding hydrogens is 346 g/mol. The van der Waals surface area contributed by atoms with Crippen molar-refractivity contribution in [1.29, 1.82) is 0 Å². The maximum absolute atomic E-state index is 13.6. The van der Waals surface area contributed by atoms with Crippen LogP contribution in [-0.2, 0) is 15.1 Å². The average molecular weight is 390 g/mol. The van der Waals surface area contributed by atoms with Gasteiger partial charge in [-0.1, -0.05) is 103 Å². The minimum absolute atomic E-state index is 0.0784. The van der Waals surface area contributed by atoms with Crippen molar-refractivity contribution < 1.29 is 9.53 Å². The van der Waals surface area contributed by atoms with Gasteiger partial charge in [0, 0.05) is 0 Å². The number of carbonyl (C=O) groups is 1. The maximum Gasteiger partial charge on any atom is 0.314 e. The van der Waals surface area contributed by atoms with Crippen molar-refractivity contribution in [3.8, 4) is 0 Å². The van der Waals surface area contributed by atoms with Gasteiger partial charge >= 0.3 is 5.97 Å². The number of carbonyl (C=O) groups excluding carboxylic acids is 1. The van der Waals surface area contributed by atoms with Crippen molar-refractivity contribution in [3.63, 3.8) is 0 Å². The van der Waals surface area contributed by atoms with Crippen LogP contribution in [0.2, 0.25) is 0 Å². The normalized spacial score (nSPS) is 13.9. The summed E-state index contributed by atoms with van der Waals surface area (Å²) in [5.41, 5.74) is 6.98. The Hall–Kier alpha value is -1.35. The van der Waals surface area contributed by atoms with Gasteiger partial charge in [0.15, 0.2) is 0 Å². The van der Waals surface area contributed by atoms with Gasteiger partial charge in [0.2, 0.25) is 0 Å². The molecule has 0 fully saturated rings. The van der Waals surface area contributed by atoms with Gasteiger partial charge in [-0.2, -0.15) is 0 Å². The Kier molecular flexibility index (Phi) is 11.4. The molecule has 0 heterocycles. The molecule has 1 aromatic rings. The summed E-state index contributed by atoms with van der Waals surface area (Å²) >= 11 is 0. The molecule has 2 N–H and O–H groups in total. The molecule has 0 aromatic heterocycles. The van der Waals surface area contributed by atoms with E-state index in [-0.39, 0.29) is 5.97 Å². The van der Waals surface area contributed by atoms with Gasteiger partial charge in [-0.05, 0) is 31.2 Å². The van der Waals surface area contributed by atoms with Gasteiger partial charge in [-0.15, -0.1) is 0 Å². The molecule has 3 heteroatoms. The van der Waals surface area contributed by atoms with Crippen LogP contribution >= 0.6 is 0 Å². The molecule has 0 radical (unpaired) electrons. The lowest BCUT2D eigenvalue weighted by Crippen LogP contribution is -2.57. The molecule has 0 aliphatic heterocycles. The number of ether oxygens (including phenoxy) is 1. The van der Waals surface area contributed by atoms with Crippen molar-refractivity contribution in [2.75, 3.05) is 6.61 Å². The van der Waals surface area contributed by atoms with Gasteiger partial charge < -0.3 is 10.5 Å². The molecule has 28 heavy (non-hydrogen) atoms. The Bertz CT molecular complexity index is 535. The lowest BCUT2D eigenvalue weighted by Gasteiger charge is -2.48. The van der Waals surface area contributed by atoms with E-state index in [4.69, 9.17) is 10.5 Å². The van der Waals surface area contributed by atoms with E-state index in [9.17, 15) is 4.79 Å². The van der Waals surface area contributed by atoms with Crippen LogP contribution in [0.4, 0.5) is 0 Å². The third-order valence-corrected chi connectivity index (χ3v) is 6.10. The number of rotatable bonds is 15. The van der Waals surface area contributed by atoms with Crippen LogP contribution in [0.1, 0.15) is 104 Å². The summed E-state index contributed by atoms with van der Waals surface area (Å²) in [4.78, 5) is 13.6. The Labute approximate surface area is 173 Å². The molecule has 0 aliphatic rings. The first-order valence-corrected chi connectivity index (χ1v) is 11.5. The fourth-order valence-electron chi connectivity index (χ4n) is 4.21. The number of unbranched alkanes of at least 4 members (excludes halogenated alkanes) is 4. The predicted octanol–water partition coefficient (Wildman–Crippen LogP) is 6.74. The zero-order valence-electron chi connectivity index (χ0n) is 18.8. The molecule has 0 amide bonds. The molecule has 0 aliphatic carbocycles. The summed E-state index contributed by atoms with van der Waals surface area (Å²) in [6.07, 6.45) is 10.5. The molecule has 0 saturated carbocycles. The Morgan fingerprint density at radius 1 is 0.821 bits per heavy atom. The third kappa shape index (κ3) is 6.07. The second kappa shape index (κ2) is 13.0. The molecule has 0 saturated heterocycles. The molecule has 1 aromatic carbocycles. The number of hydrogen-bond donors (Lipinski definition) is 1. The summed E-state index contributed by atoms with van der Waals surface area (Å²) in [5, 5.41) is 0. The van der Waals surface area contributed by atoms with Gasteiger partial charge in [-0.3, -0.25) is 4.79 Å². The van der Waals surface area contributed by atoms with Crippen LogP contribution in [0, 0.1) is 5.41 Å². The first-order valence-electron chi connectivity index (χ1n) is 11.5. The van der Waals surface area contributed by atoms with Crippen molar-refractivity contribution in [2.24, 2.45) is 11.1 Å². The highest BCUT2D eigenvalue weighted by Gasteiger charge is 2.54. The quantitative estimate of drug-likeness (QED) is 0.267. The second-order valence-electron chi connectivity index (χ2n) is 8.22. The van der Waals surface area contributed by atoms with E-state index in [1.165, 1.54) is 0 Å². The van der Waals surface area contributed by atoms with E-state index in [1.807, 2.05) is 18.2 Å². The molecule has 0 bridgehead atoms. The van der Waals surface area contributed by atoms with Crippen molar-refractivity contribution in [3.05, 3.63) is 35.9 Å².